The van der Waals surface area contributed by atoms with Crippen LogP contribution in [0.4, 0.5) is 10.1 Å². The van der Waals surface area contributed by atoms with Gasteiger partial charge in [0.15, 0.2) is 0 Å². The van der Waals surface area contributed by atoms with Crippen molar-refractivity contribution in [3.05, 3.63) is 29.1 Å². The second kappa shape index (κ2) is 3.34. The van der Waals surface area contributed by atoms with E-state index in [-0.39, 0.29) is 5.82 Å². The van der Waals surface area contributed by atoms with Gasteiger partial charge in [0.25, 0.3) is 0 Å². The van der Waals surface area contributed by atoms with E-state index in [0.717, 1.165) is 11.8 Å². The topological polar surface area (TPSA) is 35.9 Å². The van der Waals surface area contributed by atoms with Gasteiger partial charge in [-0.3, -0.25) is 0 Å². The van der Waals surface area contributed by atoms with E-state index in [2.05, 4.69) is 5.32 Å². The van der Waals surface area contributed by atoms with Crippen LogP contribution in [0.2, 0.25) is 0 Å². The van der Waals surface area contributed by atoms with Gasteiger partial charge in [0.1, 0.15) is 5.82 Å². The maximum Gasteiger partial charge on any atom is 0.147 e. The Hall–Kier alpha value is -1.38. The van der Waals surface area contributed by atoms with Gasteiger partial charge in [-0.15, -0.1) is 0 Å². The number of nitrogens with one attached hydrogen (secondary N) is 2. The van der Waals surface area contributed by atoms with Crippen LogP contribution < -0.4 is 5.32 Å². The van der Waals surface area contributed by atoms with Crippen molar-refractivity contribution in [2.75, 3.05) is 12.4 Å². The summed E-state index contributed by atoms with van der Waals surface area (Å²) in [5, 5.41) is 9.77. The van der Waals surface area contributed by atoms with Crippen molar-refractivity contribution in [1.29, 1.82) is 5.41 Å². The van der Waals surface area contributed by atoms with Crippen LogP contribution in [0.25, 0.3) is 0 Å². The fourth-order valence-corrected chi connectivity index (χ4v) is 1.15. The van der Waals surface area contributed by atoms with Crippen molar-refractivity contribution in [2.24, 2.45) is 0 Å². The first-order valence-electron chi connectivity index (χ1n) is 3.67. The predicted molar refractivity (Wildman–Crippen MR) is 48.6 cm³/mol. The molecule has 0 unspecified atom stereocenters. The SMILES string of the molecule is CNc1c(F)cc(C)cc1C=N. The van der Waals surface area contributed by atoms with E-state index in [1.807, 2.05) is 0 Å². The summed E-state index contributed by atoms with van der Waals surface area (Å²) >= 11 is 0. The summed E-state index contributed by atoms with van der Waals surface area (Å²) in [5.74, 6) is -0.309. The third kappa shape index (κ3) is 1.44. The third-order valence-corrected chi connectivity index (χ3v) is 1.67. The van der Waals surface area contributed by atoms with Crippen molar-refractivity contribution >= 4 is 11.9 Å². The fraction of sp³-hybridized carbons (Fsp3) is 0.222. The Bertz CT molecular complexity index is 308. The molecule has 1 rings (SSSR count). The molecule has 0 heterocycles. The molecule has 1 aromatic rings. The zero-order chi connectivity index (χ0) is 9.14. The first kappa shape index (κ1) is 8.71. The monoisotopic (exact) mass is 166 g/mol. The highest BCUT2D eigenvalue weighted by Gasteiger charge is 2.05. The molecule has 0 aliphatic carbocycles. The summed E-state index contributed by atoms with van der Waals surface area (Å²) in [6.07, 6.45) is 1.14. The molecule has 0 atom stereocenters. The van der Waals surface area contributed by atoms with Crippen LogP contribution in [0, 0.1) is 18.2 Å². The quantitative estimate of drug-likeness (QED) is 0.649. The van der Waals surface area contributed by atoms with Gasteiger partial charge in [0, 0.05) is 18.8 Å². The molecule has 0 aromatic heterocycles. The minimum absolute atomic E-state index is 0.309. The Kier molecular flexibility index (Phi) is 2.43. The van der Waals surface area contributed by atoms with Gasteiger partial charge in [-0.1, -0.05) is 0 Å². The van der Waals surface area contributed by atoms with E-state index < -0.39 is 0 Å². The summed E-state index contributed by atoms with van der Waals surface area (Å²) in [7, 11) is 1.64. The Labute approximate surface area is 70.9 Å². The highest BCUT2D eigenvalue weighted by Crippen LogP contribution is 2.19. The minimum atomic E-state index is -0.309. The summed E-state index contributed by atoms with van der Waals surface area (Å²) < 4.78 is 13.1. The normalized spacial score (nSPS) is 9.58. The van der Waals surface area contributed by atoms with Crippen molar-refractivity contribution < 1.29 is 4.39 Å². The predicted octanol–water partition coefficient (Wildman–Crippen LogP) is 2.17. The molecule has 64 valence electrons. The second-order valence-electron chi connectivity index (χ2n) is 2.61. The maximum atomic E-state index is 13.1. The molecular formula is C9H11FN2. The van der Waals surface area contributed by atoms with Crippen molar-refractivity contribution in [3.8, 4) is 0 Å². The van der Waals surface area contributed by atoms with Gasteiger partial charge >= 0.3 is 0 Å². The zero-order valence-corrected chi connectivity index (χ0v) is 7.11. The maximum absolute atomic E-state index is 13.1. The summed E-state index contributed by atoms with van der Waals surface area (Å²) in [6.45, 7) is 1.80. The minimum Gasteiger partial charge on any atom is -0.385 e. The molecule has 0 aliphatic heterocycles. The van der Waals surface area contributed by atoms with E-state index >= 15 is 0 Å². The van der Waals surface area contributed by atoms with E-state index in [9.17, 15) is 4.39 Å². The summed E-state index contributed by atoms with van der Waals surface area (Å²) in [5.41, 5.74) is 1.79. The molecule has 0 saturated carbocycles. The first-order valence-corrected chi connectivity index (χ1v) is 3.67. The molecule has 12 heavy (non-hydrogen) atoms. The molecule has 3 heteroatoms. The van der Waals surface area contributed by atoms with Gasteiger partial charge in [-0.2, -0.15) is 0 Å². The number of aryl methyl sites for hydroxylation is 1. The highest BCUT2D eigenvalue weighted by atomic mass is 19.1. The van der Waals surface area contributed by atoms with Crippen LogP contribution in [-0.2, 0) is 0 Å². The molecule has 0 spiro atoms. The molecule has 0 fully saturated rings. The Morgan fingerprint density at radius 3 is 2.67 bits per heavy atom. The standard InChI is InChI=1S/C9H11FN2/c1-6-3-7(5-11)9(12-2)8(10)4-6/h3-5,11-12H,1-2H3. The lowest BCUT2D eigenvalue weighted by Crippen LogP contribution is -1.98. The summed E-state index contributed by atoms with van der Waals surface area (Å²) in [6, 6.07) is 3.21. The summed E-state index contributed by atoms with van der Waals surface area (Å²) in [4.78, 5) is 0. The molecule has 0 aliphatic rings. The third-order valence-electron chi connectivity index (χ3n) is 1.67. The average Bonchev–Trinajstić information content (AvgIpc) is 2.03. The second-order valence-corrected chi connectivity index (χ2v) is 2.61. The number of hydrogen-bond acceptors (Lipinski definition) is 2. The molecule has 1 aromatic carbocycles. The number of benzene rings is 1. The van der Waals surface area contributed by atoms with Crippen LogP contribution in [0.5, 0.6) is 0 Å². The van der Waals surface area contributed by atoms with Gasteiger partial charge in [-0.25, -0.2) is 4.39 Å². The number of rotatable bonds is 2. The molecule has 0 saturated heterocycles. The zero-order valence-electron chi connectivity index (χ0n) is 7.11. The molecule has 0 bridgehead atoms. The lowest BCUT2D eigenvalue weighted by atomic mass is 10.1. The van der Waals surface area contributed by atoms with Crippen molar-refractivity contribution in [3.63, 3.8) is 0 Å². The lowest BCUT2D eigenvalue weighted by molar-refractivity contribution is 0.630. The Balaban J connectivity index is 3.33. The molecule has 2 N–H and O–H groups in total. The van der Waals surface area contributed by atoms with E-state index in [4.69, 9.17) is 5.41 Å². The van der Waals surface area contributed by atoms with E-state index in [1.165, 1.54) is 6.07 Å². The largest absolute Gasteiger partial charge is 0.385 e. The number of anilines is 1. The van der Waals surface area contributed by atoms with Gasteiger partial charge in [0.2, 0.25) is 0 Å². The van der Waals surface area contributed by atoms with Crippen LogP contribution in [-0.4, -0.2) is 13.3 Å². The van der Waals surface area contributed by atoms with E-state index in [0.29, 0.717) is 11.3 Å². The van der Waals surface area contributed by atoms with Gasteiger partial charge in [-0.05, 0) is 24.6 Å². The van der Waals surface area contributed by atoms with Crippen LogP contribution in [0.3, 0.4) is 0 Å². The van der Waals surface area contributed by atoms with Gasteiger partial charge < -0.3 is 10.7 Å². The number of halogens is 1. The average molecular weight is 166 g/mol. The highest BCUT2D eigenvalue weighted by molar-refractivity contribution is 5.86. The Morgan fingerprint density at radius 1 is 1.50 bits per heavy atom. The molecule has 0 radical (unpaired) electrons. The Morgan fingerprint density at radius 2 is 2.17 bits per heavy atom. The fourth-order valence-electron chi connectivity index (χ4n) is 1.15. The van der Waals surface area contributed by atoms with Crippen LogP contribution in [0.1, 0.15) is 11.1 Å². The first-order chi connectivity index (χ1) is 5.69. The molecule has 2 nitrogen and oxygen atoms in total. The van der Waals surface area contributed by atoms with Crippen molar-refractivity contribution in [1.82, 2.24) is 0 Å². The number of hydrogen-bond donors (Lipinski definition) is 2. The van der Waals surface area contributed by atoms with Crippen molar-refractivity contribution in [2.45, 2.75) is 6.92 Å². The van der Waals surface area contributed by atoms with Crippen LogP contribution in [0.15, 0.2) is 12.1 Å². The van der Waals surface area contributed by atoms with Crippen LogP contribution >= 0.6 is 0 Å². The van der Waals surface area contributed by atoms with E-state index in [1.54, 1.807) is 20.0 Å². The molecule has 0 amide bonds. The molecular weight excluding hydrogens is 155 g/mol. The smallest absolute Gasteiger partial charge is 0.147 e. The lowest BCUT2D eigenvalue weighted by Gasteiger charge is -2.06. The van der Waals surface area contributed by atoms with Gasteiger partial charge in [0.05, 0.1) is 5.69 Å².